The van der Waals surface area contributed by atoms with Crippen molar-refractivity contribution in [3.63, 3.8) is 0 Å². The van der Waals surface area contributed by atoms with E-state index in [4.69, 9.17) is 0 Å². The Balaban J connectivity index is 0.000000181. The van der Waals surface area contributed by atoms with Crippen molar-refractivity contribution in [3.05, 3.63) is 24.3 Å². The summed E-state index contributed by atoms with van der Waals surface area (Å²) in [6.07, 6.45) is 13.7. The molecule has 0 amide bonds. The van der Waals surface area contributed by atoms with E-state index in [0.29, 0.717) is 5.92 Å². The van der Waals surface area contributed by atoms with E-state index in [1.54, 1.807) is 6.08 Å². The van der Waals surface area contributed by atoms with Crippen molar-refractivity contribution in [3.8, 4) is 0 Å². The van der Waals surface area contributed by atoms with Crippen LogP contribution in [0.4, 0.5) is 0 Å². The number of rotatable bonds is 1. The Kier molecular flexibility index (Phi) is 5.63. The summed E-state index contributed by atoms with van der Waals surface area (Å²) >= 11 is 0. The van der Waals surface area contributed by atoms with Gasteiger partial charge in [0.05, 0.1) is 5.60 Å². The summed E-state index contributed by atoms with van der Waals surface area (Å²) < 4.78 is 0. The molecular weight excluding hydrogens is 212 g/mol. The van der Waals surface area contributed by atoms with Crippen molar-refractivity contribution in [2.45, 2.75) is 58.0 Å². The molecule has 2 aliphatic carbocycles. The maximum atomic E-state index is 10.4. The van der Waals surface area contributed by atoms with Crippen molar-refractivity contribution < 1.29 is 9.90 Å². The highest BCUT2D eigenvalue weighted by Gasteiger charge is 2.28. The number of carbonyl (C=O) groups excluding carboxylic acids is 1. The zero-order valence-corrected chi connectivity index (χ0v) is 11.0. The molecule has 1 atom stereocenters. The molecular formula is C15H24O2. The molecule has 17 heavy (non-hydrogen) atoms. The fourth-order valence-electron chi connectivity index (χ4n) is 2.05. The molecule has 0 aromatic heterocycles. The summed E-state index contributed by atoms with van der Waals surface area (Å²) in [5, 5.41) is 9.86. The molecule has 1 N–H and O–H groups in total. The zero-order valence-electron chi connectivity index (χ0n) is 11.0. The van der Waals surface area contributed by atoms with Crippen molar-refractivity contribution in [2.24, 2.45) is 5.92 Å². The molecule has 0 saturated carbocycles. The summed E-state index contributed by atoms with van der Waals surface area (Å²) in [5.74, 6) is 0.635. The number of hydrogen-bond acceptors (Lipinski definition) is 2. The predicted octanol–water partition coefficient (Wildman–Crippen LogP) is 3.41. The summed E-state index contributed by atoms with van der Waals surface area (Å²) in [5.41, 5.74) is -0.502. The van der Waals surface area contributed by atoms with E-state index < -0.39 is 5.60 Å². The largest absolute Gasteiger partial charge is 0.386 e. The Morgan fingerprint density at radius 1 is 1.24 bits per heavy atom. The second-order valence-corrected chi connectivity index (χ2v) is 5.20. The van der Waals surface area contributed by atoms with Gasteiger partial charge >= 0.3 is 0 Å². The molecule has 0 aromatic carbocycles. The van der Waals surface area contributed by atoms with Crippen LogP contribution in [-0.2, 0) is 4.79 Å². The fourth-order valence-corrected chi connectivity index (χ4v) is 2.05. The molecule has 0 aromatic rings. The average molecular weight is 236 g/mol. The first-order valence-electron chi connectivity index (χ1n) is 6.64. The normalized spacial score (nSPS) is 27.9. The summed E-state index contributed by atoms with van der Waals surface area (Å²) in [6, 6.07) is 0. The molecule has 0 heterocycles. The van der Waals surface area contributed by atoms with E-state index in [-0.39, 0.29) is 5.78 Å². The third-order valence-corrected chi connectivity index (χ3v) is 3.45. The van der Waals surface area contributed by atoms with Gasteiger partial charge in [0.15, 0.2) is 5.78 Å². The van der Waals surface area contributed by atoms with Crippen LogP contribution >= 0.6 is 0 Å². The minimum Gasteiger partial charge on any atom is -0.386 e. The number of aliphatic hydroxyl groups is 1. The third-order valence-electron chi connectivity index (χ3n) is 3.45. The standard InChI is InChI=1S/C9H16O.C6H8O/c1-8(2)9(10)6-4-3-5-7-9;7-6-4-2-1-3-5-6/h4,6,8,10H,3,5,7H2,1-2H3;2,4H,1,3,5H2. The van der Waals surface area contributed by atoms with E-state index in [1.165, 1.54) is 0 Å². The van der Waals surface area contributed by atoms with Crippen LogP contribution in [0.1, 0.15) is 52.4 Å². The minimum atomic E-state index is -0.502. The Morgan fingerprint density at radius 3 is 2.24 bits per heavy atom. The number of carbonyl (C=O) groups is 1. The molecule has 0 saturated heterocycles. The van der Waals surface area contributed by atoms with Crippen molar-refractivity contribution in [1.82, 2.24) is 0 Å². The van der Waals surface area contributed by atoms with Crippen molar-refractivity contribution >= 4 is 5.78 Å². The lowest BCUT2D eigenvalue weighted by Gasteiger charge is -2.31. The highest BCUT2D eigenvalue weighted by atomic mass is 16.3. The van der Waals surface area contributed by atoms with Gasteiger partial charge in [0.2, 0.25) is 0 Å². The summed E-state index contributed by atoms with van der Waals surface area (Å²) in [7, 11) is 0. The first-order valence-corrected chi connectivity index (χ1v) is 6.64. The third kappa shape index (κ3) is 4.86. The average Bonchev–Trinajstić information content (AvgIpc) is 2.31. The first-order chi connectivity index (χ1) is 8.04. The lowest BCUT2D eigenvalue weighted by atomic mass is 9.82. The van der Waals surface area contributed by atoms with Gasteiger partial charge in [0, 0.05) is 6.42 Å². The molecule has 0 aliphatic heterocycles. The highest BCUT2D eigenvalue weighted by molar-refractivity contribution is 5.90. The van der Waals surface area contributed by atoms with Crippen LogP contribution in [0.2, 0.25) is 0 Å². The SMILES string of the molecule is CC(C)C1(O)C=CCCC1.O=C1C=CCCC1. The van der Waals surface area contributed by atoms with E-state index in [0.717, 1.165) is 38.5 Å². The molecule has 0 spiro atoms. The van der Waals surface area contributed by atoms with E-state index in [9.17, 15) is 9.90 Å². The van der Waals surface area contributed by atoms with Gasteiger partial charge < -0.3 is 5.11 Å². The summed E-state index contributed by atoms with van der Waals surface area (Å²) in [6.45, 7) is 4.13. The van der Waals surface area contributed by atoms with E-state index in [1.807, 2.05) is 12.2 Å². The molecule has 1 unspecified atom stereocenters. The van der Waals surface area contributed by atoms with Gasteiger partial charge in [0.1, 0.15) is 0 Å². The molecule has 0 fully saturated rings. The second kappa shape index (κ2) is 6.75. The van der Waals surface area contributed by atoms with Gasteiger partial charge in [-0.15, -0.1) is 0 Å². The second-order valence-electron chi connectivity index (χ2n) is 5.20. The lowest BCUT2D eigenvalue weighted by Crippen LogP contribution is -2.33. The van der Waals surface area contributed by atoms with Gasteiger partial charge in [-0.05, 0) is 44.1 Å². The molecule has 0 bridgehead atoms. The number of ketones is 1. The van der Waals surface area contributed by atoms with E-state index in [2.05, 4.69) is 19.9 Å². The van der Waals surface area contributed by atoms with Crippen LogP contribution in [0.3, 0.4) is 0 Å². The molecule has 0 radical (unpaired) electrons. The van der Waals surface area contributed by atoms with Gasteiger partial charge in [-0.25, -0.2) is 0 Å². The van der Waals surface area contributed by atoms with Gasteiger partial charge in [-0.1, -0.05) is 32.1 Å². The molecule has 2 nitrogen and oxygen atoms in total. The molecule has 96 valence electrons. The highest BCUT2D eigenvalue weighted by Crippen LogP contribution is 2.28. The monoisotopic (exact) mass is 236 g/mol. The van der Waals surface area contributed by atoms with Crippen LogP contribution in [0.15, 0.2) is 24.3 Å². The Labute approximate surface area is 104 Å². The maximum absolute atomic E-state index is 10.4. The first kappa shape index (κ1) is 14.2. The molecule has 2 heteroatoms. The van der Waals surface area contributed by atoms with E-state index >= 15 is 0 Å². The van der Waals surface area contributed by atoms with Gasteiger partial charge in [-0.2, -0.15) is 0 Å². The number of hydrogen-bond donors (Lipinski definition) is 1. The van der Waals surface area contributed by atoms with Crippen molar-refractivity contribution in [2.75, 3.05) is 0 Å². The molecule has 2 rings (SSSR count). The van der Waals surface area contributed by atoms with Crippen LogP contribution in [0.5, 0.6) is 0 Å². The minimum absolute atomic E-state index is 0.284. The summed E-state index contributed by atoms with van der Waals surface area (Å²) in [4.78, 5) is 10.4. The smallest absolute Gasteiger partial charge is 0.155 e. The van der Waals surface area contributed by atoms with Gasteiger partial charge in [0.25, 0.3) is 0 Å². The topological polar surface area (TPSA) is 37.3 Å². The molecule has 2 aliphatic rings. The predicted molar refractivity (Wildman–Crippen MR) is 70.8 cm³/mol. The van der Waals surface area contributed by atoms with Crippen LogP contribution < -0.4 is 0 Å². The fraction of sp³-hybridized carbons (Fsp3) is 0.667. The van der Waals surface area contributed by atoms with Crippen LogP contribution in [0.25, 0.3) is 0 Å². The lowest BCUT2D eigenvalue weighted by molar-refractivity contribution is -0.114. The quantitative estimate of drug-likeness (QED) is 0.708. The maximum Gasteiger partial charge on any atom is 0.155 e. The Bertz CT molecular complexity index is 302. The number of allylic oxidation sites excluding steroid dienone is 3. The van der Waals surface area contributed by atoms with Crippen LogP contribution in [0, 0.1) is 5.92 Å². The Hall–Kier alpha value is -0.890. The Morgan fingerprint density at radius 2 is 1.94 bits per heavy atom. The zero-order chi connectivity index (χ0) is 12.7. The van der Waals surface area contributed by atoms with Crippen molar-refractivity contribution in [1.29, 1.82) is 0 Å². The van der Waals surface area contributed by atoms with Gasteiger partial charge in [-0.3, -0.25) is 4.79 Å². The van der Waals surface area contributed by atoms with Crippen LogP contribution in [-0.4, -0.2) is 16.5 Å².